The number of Topliss-reactive ketones (excluding diaryl/α,β-unsaturated/α-hetero) is 2. The zero-order valence-corrected chi connectivity index (χ0v) is 32.4. The topological polar surface area (TPSA) is 178 Å². The third kappa shape index (κ3) is 6.17. The highest BCUT2D eigenvalue weighted by atomic mass is 16.6. The molecule has 54 heavy (non-hydrogen) atoms. The first kappa shape index (κ1) is 39.1. The van der Waals surface area contributed by atoms with Gasteiger partial charge >= 0.3 is 23.9 Å². The number of carbonyl (C=O) groups is 7. The van der Waals surface area contributed by atoms with Crippen LogP contribution < -0.4 is 19.5 Å². The first-order valence-corrected chi connectivity index (χ1v) is 18.6. The number of esters is 4. The fourth-order valence-corrected chi connectivity index (χ4v) is 9.91. The van der Waals surface area contributed by atoms with E-state index in [-0.39, 0.29) is 52.7 Å². The lowest BCUT2D eigenvalue weighted by Crippen LogP contribution is -2.56. The van der Waals surface area contributed by atoms with E-state index in [9.17, 15) is 28.8 Å². The van der Waals surface area contributed by atoms with Crippen LogP contribution in [0.1, 0.15) is 110 Å². The van der Waals surface area contributed by atoms with Gasteiger partial charge in [-0.3, -0.25) is 33.6 Å². The Bertz CT molecular complexity index is 1920. The van der Waals surface area contributed by atoms with Crippen molar-refractivity contribution in [2.75, 3.05) is 0 Å². The molecule has 2 saturated heterocycles. The summed E-state index contributed by atoms with van der Waals surface area (Å²) < 4.78 is 29.1. The Kier molecular flexibility index (Phi) is 10.3. The van der Waals surface area contributed by atoms with Crippen molar-refractivity contribution in [2.45, 2.75) is 113 Å². The lowest BCUT2D eigenvalue weighted by Gasteiger charge is -2.47. The number of hydrogen-bond donors (Lipinski definition) is 1. The maximum Gasteiger partial charge on any atom is 0.308 e. The Morgan fingerprint density at radius 1 is 0.833 bits per heavy atom. The maximum absolute atomic E-state index is 16.0. The molecule has 0 aromatic heterocycles. The Morgan fingerprint density at radius 3 is 2.02 bits per heavy atom. The number of ether oxygens (including phenoxy) is 5. The standard InChI is InChI=1S/C41H49NO12/c1-16(2)13-26-32-19(5)18(4)15-25-14-17(3)11-12-27(50-21(7)43)33(47)29-31(39(48)41(25,32)40(49)42-26)35-28-20(6)34(51-22(8)44)38(53-24(10)46)37(52-23(9)45)30(28)36(29)54-35/h14-16,19,25-27,29,31-32,35-36H,11-13H2,1-10H3,(H,42,49)/b17-14+/t19-,25+,26+,27-,29-,31+,32+,35+,36+,41+/m1/s1. The van der Waals surface area contributed by atoms with Crippen LogP contribution in [0.5, 0.6) is 17.2 Å². The molecule has 10 atom stereocenters. The summed E-state index contributed by atoms with van der Waals surface area (Å²) in [6.07, 6.45) is 1.26. The number of ketones is 2. The Labute approximate surface area is 314 Å². The highest BCUT2D eigenvalue weighted by Gasteiger charge is 2.71. The summed E-state index contributed by atoms with van der Waals surface area (Å²) in [5.74, 6) is -9.16. The van der Waals surface area contributed by atoms with E-state index in [2.05, 4.69) is 19.2 Å². The van der Waals surface area contributed by atoms with Gasteiger partial charge < -0.3 is 29.0 Å². The molecule has 1 spiro atoms. The van der Waals surface area contributed by atoms with Gasteiger partial charge in [0.1, 0.15) is 5.41 Å². The Hall–Kier alpha value is -4.65. The van der Waals surface area contributed by atoms with Crippen LogP contribution in [-0.2, 0) is 43.0 Å². The Morgan fingerprint density at radius 2 is 1.43 bits per heavy atom. The van der Waals surface area contributed by atoms with Crippen LogP contribution in [0.15, 0.2) is 23.3 Å². The molecule has 0 saturated carbocycles. The largest absolute Gasteiger partial charge is 0.455 e. The number of amides is 1. The number of rotatable bonds is 6. The molecule has 1 N–H and O–H groups in total. The van der Waals surface area contributed by atoms with Crippen LogP contribution in [0, 0.1) is 47.8 Å². The van der Waals surface area contributed by atoms with Gasteiger partial charge in [0, 0.05) is 56.7 Å². The minimum atomic E-state index is -1.64. The SMILES string of the molecule is CC(=O)Oc1c(C)c2c(c(OC(C)=O)c1OC(C)=O)[C@H]1O[C@@H]2[C@H]2C(=O)[C@@]34C(=O)N[C@@H](CC(C)C)[C@@H]3[C@H](C)C(C)=C[C@@H]4/C=C(\C)CC[C@@H](OC(C)=O)C(=O)[C@@H]21. The molecule has 2 fully saturated rings. The predicted molar refractivity (Wildman–Crippen MR) is 191 cm³/mol. The second-order valence-electron chi connectivity index (χ2n) is 16.0. The molecule has 5 aliphatic rings. The second-order valence-corrected chi connectivity index (χ2v) is 16.0. The molecule has 2 aliphatic carbocycles. The van der Waals surface area contributed by atoms with Crippen molar-refractivity contribution in [3.8, 4) is 17.2 Å². The number of hydrogen-bond acceptors (Lipinski definition) is 12. The van der Waals surface area contributed by atoms with Crippen LogP contribution in [0.2, 0.25) is 0 Å². The molecular formula is C41H49NO12. The van der Waals surface area contributed by atoms with E-state index in [1.165, 1.54) is 6.92 Å². The van der Waals surface area contributed by atoms with Gasteiger partial charge in [-0.2, -0.15) is 0 Å². The van der Waals surface area contributed by atoms with E-state index in [0.717, 1.165) is 31.9 Å². The van der Waals surface area contributed by atoms with Crippen molar-refractivity contribution in [2.24, 2.45) is 40.9 Å². The molecule has 3 aliphatic heterocycles. The molecule has 13 heteroatoms. The molecule has 6 rings (SSSR count). The van der Waals surface area contributed by atoms with Crippen LogP contribution >= 0.6 is 0 Å². The third-order valence-corrected chi connectivity index (χ3v) is 11.9. The van der Waals surface area contributed by atoms with Gasteiger partial charge in [0.25, 0.3) is 0 Å². The lowest BCUT2D eigenvalue weighted by atomic mass is 9.51. The average Bonchev–Trinajstić information content (AvgIpc) is 3.71. The maximum atomic E-state index is 16.0. The van der Waals surface area contributed by atoms with Gasteiger partial charge in [0.05, 0.1) is 24.0 Å². The zero-order chi connectivity index (χ0) is 39.7. The van der Waals surface area contributed by atoms with Gasteiger partial charge in [0.2, 0.25) is 11.7 Å². The predicted octanol–water partition coefficient (Wildman–Crippen LogP) is 5.30. The van der Waals surface area contributed by atoms with Gasteiger partial charge in [-0.1, -0.05) is 44.1 Å². The highest BCUT2D eigenvalue weighted by Crippen LogP contribution is 2.67. The Balaban J connectivity index is 1.67. The normalized spacial score (nSPS) is 33.5. The molecule has 0 radical (unpaired) electrons. The smallest absolute Gasteiger partial charge is 0.308 e. The first-order chi connectivity index (χ1) is 25.3. The highest BCUT2D eigenvalue weighted by molar-refractivity contribution is 6.12. The molecule has 1 aromatic carbocycles. The lowest BCUT2D eigenvalue weighted by molar-refractivity contribution is -0.158. The van der Waals surface area contributed by atoms with Crippen LogP contribution in [0.3, 0.4) is 0 Å². The number of nitrogens with one attached hydrogen (secondary N) is 1. The van der Waals surface area contributed by atoms with Gasteiger partial charge in [-0.25, -0.2) is 0 Å². The quantitative estimate of drug-likeness (QED) is 0.172. The summed E-state index contributed by atoms with van der Waals surface area (Å²) in [5, 5.41) is 3.22. The van der Waals surface area contributed by atoms with Crippen molar-refractivity contribution in [1.29, 1.82) is 0 Å². The van der Waals surface area contributed by atoms with Crippen LogP contribution in [0.4, 0.5) is 0 Å². The molecule has 1 aromatic rings. The van der Waals surface area contributed by atoms with Crippen molar-refractivity contribution in [1.82, 2.24) is 5.32 Å². The van der Waals surface area contributed by atoms with Gasteiger partial charge in [-0.05, 0) is 57.4 Å². The van der Waals surface area contributed by atoms with Crippen molar-refractivity contribution < 1.29 is 57.2 Å². The number of allylic oxidation sites excluding steroid dienone is 4. The average molecular weight is 748 g/mol. The van der Waals surface area contributed by atoms with Crippen molar-refractivity contribution in [3.05, 3.63) is 40.0 Å². The second kappa shape index (κ2) is 14.2. The summed E-state index contributed by atoms with van der Waals surface area (Å²) >= 11 is 0. The van der Waals surface area contributed by atoms with Crippen LogP contribution in [-0.4, -0.2) is 53.5 Å². The number of benzene rings is 1. The number of carbonyl (C=O) groups excluding carboxylic acids is 7. The third-order valence-electron chi connectivity index (χ3n) is 11.9. The van der Waals surface area contributed by atoms with Crippen molar-refractivity contribution >= 4 is 41.4 Å². The molecule has 3 heterocycles. The van der Waals surface area contributed by atoms with E-state index < -0.39 is 88.7 Å². The summed E-state index contributed by atoms with van der Waals surface area (Å²) in [5.41, 5.74) is 0.972. The monoisotopic (exact) mass is 747 g/mol. The molecule has 0 unspecified atom stereocenters. The van der Waals surface area contributed by atoms with E-state index in [4.69, 9.17) is 23.7 Å². The van der Waals surface area contributed by atoms with E-state index in [0.29, 0.717) is 18.4 Å². The van der Waals surface area contributed by atoms with Crippen LogP contribution in [0.25, 0.3) is 0 Å². The van der Waals surface area contributed by atoms with E-state index >= 15 is 4.79 Å². The summed E-state index contributed by atoms with van der Waals surface area (Å²) in [7, 11) is 0. The molecule has 13 nitrogen and oxygen atoms in total. The molecule has 1 amide bonds. The fourth-order valence-electron chi connectivity index (χ4n) is 9.91. The van der Waals surface area contributed by atoms with E-state index in [1.54, 1.807) is 6.92 Å². The summed E-state index contributed by atoms with van der Waals surface area (Å²) in [6.45, 7) is 16.2. The molecular weight excluding hydrogens is 698 g/mol. The number of fused-ring (bicyclic) bond motifs is 8. The van der Waals surface area contributed by atoms with Crippen molar-refractivity contribution in [3.63, 3.8) is 0 Å². The van der Waals surface area contributed by atoms with E-state index in [1.807, 2.05) is 32.9 Å². The molecule has 2 bridgehead atoms. The summed E-state index contributed by atoms with van der Waals surface area (Å²) in [6, 6.07) is -0.338. The fraction of sp³-hybridized carbons (Fsp3) is 0.585. The summed E-state index contributed by atoms with van der Waals surface area (Å²) in [4.78, 5) is 95.8. The van der Waals surface area contributed by atoms with Gasteiger partial charge in [-0.15, -0.1) is 0 Å². The first-order valence-electron chi connectivity index (χ1n) is 18.6. The van der Waals surface area contributed by atoms with Gasteiger partial charge in [0.15, 0.2) is 29.2 Å². The minimum Gasteiger partial charge on any atom is -0.455 e. The minimum absolute atomic E-state index is 0.104. The molecule has 290 valence electrons. The zero-order valence-electron chi connectivity index (χ0n) is 32.4.